The number of piperidine rings is 1. The quantitative estimate of drug-likeness (QED) is 0.849. The van der Waals surface area contributed by atoms with E-state index in [1.54, 1.807) is 17.2 Å². The van der Waals surface area contributed by atoms with E-state index in [0.717, 1.165) is 18.4 Å². The molecule has 2 rings (SSSR count). The molecule has 2 heterocycles. The third kappa shape index (κ3) is 4.58. The number of hydrogen-bond acceptors (Lipinski definition) is 4. The Hall–Kier alpha value is -1.33. The van der Waals surface area contributed by atoms with E-state index in [9.17, 15) is 4.79 Å². The van der Waals surface area contributed by atoms with Crippen LogP contribution in [0.15, 0.2) is 18.3 Å². The fourth-order valence-corrected chi connectivity index (χ4v) is 2.78. The molecule has 1 aliphatic rings. The van der Waals surface area contributed by atoms with E-state index in [2.05, 4.69) is 4.98 Å². The van der Waals surface area contributed by atoms with Crippen LogP contribution in [0.4, 0.5) is 4.79 Å². The minimum atomic E-state index is -0.509. The fraction of sp³-hybridized carbons (Fsp3) is 0.625. The summed E-state index contributed by atoms with van der Waals surface area (Å²) >= 11 is 5.81. The van der Waals surface area contributed by atoms with Gasteiger partial charge in [0, 0.05) is 18.8 Å². The molecule has 0 aliphatic carbocycles. The molecule has 1 aliphatic heterocycles. The zero-order valence-electron chi connectivity index (χ0n) is 13.4. The average Bonchev–Trinajstić information content (AvgIpc) is 2.41. The second-order valence-corrected chi connectivity index (χ2v) is 7.13. The summed E-state index contributed by atoms with van der Waals surface area (Å²) in [7, 11) is 0. The number of carbonyl (C=O) groups is 1. The van der Waals surface area contributed by atoms with Crippen molar-refractivity contribution in [1.29, 1.82) is 0 Å². The largest absolute Gasteiger partial charge is 0.444 e. The van der Waals surface area contributed by atoms with Crippen molar-refractivity contribution >= 4 is 17.7 Å². The molecule has 2 N–H and O–H groups in total. The number of amides is 1. The number of pyridine rings is 1. The molecule has 0 aromatic carbocycles. The van der Waals surface area contributed by atoms with E-state index in [1.165, 1.54) is 0 Å². The van der Waals surface area contributed by atoms with Crippen LogP contribution >= 0.6 is 11.6 Å². The number of aromatic nitrogens is 1. The predicted octanol–water partition coefficient (Wildman–Crippen LogP) is 3.00. The predicted molar refractivity (Wildman–Crippen MR) is 86.9 cm³/mol. The number of nitrogens with zero attached hydrogens (tertiary/aromatic N) is 2. The highest BCUT2D eigenvalue weighted by atomic mass is 35.5. The van der Waals surface area contributed by atoms with Gasteiger partial charge >= 0.3 is 6.09 Å². The van der Waals surface area contributed by atoms with Gasteiger partial charge in [-0.15, -0.1) is 0 Å². The number of hydrogen-bond donors (Lipinski definition) is 1. The summed E-state index contributed by atoms with van der Waals surface area (Å²) in [5.41, 5.74) is 6.76. The van der Waals surface area contributed by atoms with Crippen molar-refractivity contribution in [3.05, 3.63) is 29.0 Å². The topological polar surface area (TPSA) is 68.5 Å². The van der Waals surface area contributed by atoms with E-state index < -0.39 is 5.60 Å². The SMILES string of the molecule is CC(C)(C)OC(=O)N1CCCC(N)C1Cc1ccc(Cl)nc1. The van der Waals surface area contributed by atoms with Gasteiger partial charge in [0.25, 0.3) is 0 Å². The van der Waals surface area contributed by atoms with Crippen LogP contribution in [0.1, 0.15) is 39.2 Å². The number of rotatable bonds is 2. The third-order valence-corrected chi connectivity index (χ3v) is 3.92. The van der Waals surface area contributed by atoms with E-state index in [-0.39, 0.29) is 18.2 Å². The van der Waals surface area contributed by atoms with Crippen molar-refractivity contribution in [2.45, 2.75) is 57.7 Å². The van der Waals surface area contributed by atoms with Crippen LogP contribution in [0.2, 0.25) is 5.15 Å². The molecule has 1 saturated heterocycles. The summed E-state index contributed by atoms with van der Waals surface area (Å²) in [4.78, 5) is 18.3. The summed E-state index contributed by atoms with van der Waals surface area (Å²) in [6, 6.07) is 3.54. The molecule has 2 unspecified atom stereocenters. The van der Waals surface area contributed by atoms with E-state index in [0.29, 0.717) is 18.1 Å². The minimum Gasteiger partial charge on any atom is -0.444 e. The molecule has 1 fully saturated rings. The van der Waals surface area contributed by atoms with Gasteiger partial charge in [-0.1, -0.05) is 17.7 Å². The highest BCUT2D eigenvalue weighted by molar-refractivity contribution is 6.29. The second-order valence-electron chi connectivity index (χ2n) is 6.74. The van der Waals surface area contributed by atoms with Crippen LogP contribution < -0.4 is 5.73 Å². The van der Waals surface area contributed by atoms with Crippen molar-refractivity contribution in [2.24, 2.45) is 5.73 Å². The lowest BCUT2D eigenvalue weighted by Crippen LogP contribution is -2.56. The Morgan fingerprint density at radius 3 is 2.82 bits per heavy atom. The molecule has 22 heavy (non-hydrogen) atoms. The first-order chi connectivity index (χ1) is 10.3. The standard InChI is InChI=1S/C16H24ClN3O2/c1-16(2,3)22-15(21)20-8-4-5-12(18)13(20)9-11-6-7-14(17)19-10-11/h6-7,10,12-13H,4-5,8-9,18H2,1-3H3. The molecule has 1 aromatic rings. The summed E-state index contributed by atoms with van der Waals surface area (Å²) in [5, 5.41) is 0.459. The van der Waals surface area contributed by atoms with Crippen molar-refractivity contribution < 1.29 is 9.53 Å². The number of nitrogens with two attached hydrogens (primary N) is 1. The molecular formula is C16H24ClN3O2. The van der Waals surface area contributed by atoms with Crippen molar-refractivity contribution in [2.75, 3.05) is 6.54 Å². The molecule has 0 radical (unpaired) electrons. The highest BCUT2D eigenvalue weighted by Crippen LogP contribution is 2.23. The third-order valence-electron chi connectivity index (χ3n) is 3.69. The lowest BCUT2D eigenvalue weighted by atomic mass is 9.92. The Morgan fingerprint density at radius 2 is 2.23 bits per heavy atom. The fourth-order valence-electron chi connectivity index (χ4n) is 2.66. The van der Waals surface area contributed by atoms with Crippen LogP contribution in [0.25, 0.3) is 0 Å². The normalized spacial score (nSPS) is 22.5. The van der Waals surface area contributed by atoms with Crippen LogP contribution in [0.5, 0.6) is 0 Å². The Balaban J connectivity index is 2.12. The summed E-state index contributed by atoms with van der Waals surface area (Å²) in [6.07, 6.45) is 3.90. The molecule has 6 heteroatoms. The molecule has 0 saturated carbocycles. The Kier molecular flexibility index (Phi) is 5.29. The maximum absolute atomic E-state index is 12.4. The van der Waals surface area contributed by atoms with Gasteiger partial charge in [0.15, 0.2) is 0 Å². The molecule has 1 amide bonds. The molecule has 2 atom stereocenters. The van der Waals surface area contributed by atoms with Crippen molar-refractivity contribution in [3.8, 4) is 0 Å². The lowest BCUT2D eigenvalue weighted by molar-refractivity contribution is 0.00694. The van der Waals surface area contributed by atoms with Gasteiger partial charge in [-0.2, -0.15) is 0 Å². The van der Waals surface area contributed by atoms with Gasteiger partial charge in [0.2, 0.25) is 0 Å². The first kappa shape index (κ1) is 17.0. The van der Waals surface area contributed by atoms with Gasteiger partial charge in [-0.05, 0) is 51.7 Å². The second kappa shape index (κ2) is 6.84. The molecule has 0 spiro atoms. The summed E-state index contributed by atoms with van der Waals surface area (Å²) < 4.78 is 5.51. The zero-order valence-corrected chi connectivity index (χ0v) is 14.1. The lowest BCUT2D eigenvalue weighted by Gasteiger charge is -2.40. The molecule has 0 bridgehead atoms. The van der Waals surface area contributed by atoms with Gasteiger partial charge < -0.3 is 15.4 Å². The number of carbonyl (C=O) groups excluding carboxylic acids is 1. The van der Waals surface area contributed by atoms with Gasteiger partial charge in [0.1, 0.15) is 10.8 Å². The number of halogens is 1. The molecule has 5 nitrogen and oxygen atoms in total. The van der Waals surface area contributed by atoms with Gasteiger partial charge in [0.05, 0.1) is 6.04 Å². The minimum absolute atomic E-state index is 0.0584. The highest BCUT2D eigenvalue weighted by Gasteiger charge is 2.34. The van der Waals surface area contributed by atoms with Gasteiger partial charge in [-0.3, -0.25) is 0 Å². The van der Waals surface area contributed by atoms with Crippen LogP contribution in [0.3, 0.4) is 0 Å². The van der Waals surface area contributed by atoms with E-state index in [1.807, 2.05) is 26.8 Å². The monoisotopic (exact) mass is 325 g/mol. The Morgan fingerprint density at radius 1 is 1.50 bits per heavy atom. The van der Waals surface area contributed by atoms with E-state index >= 15 is 0 Å². The molecule has 122 valence electrons. The average molecular weight is 326 g/mol. The Labute approximate surface area is 136 Å². The summed E-state index contributed by atoms with van der Waals surface area (Å²) in [5.74, 6) is 0. The van der Waals surface area contributed by atoms with Crippen LogP contribution in [-0.4, -0.2) is 40.2 Å². The number of likely N-dealkylation sites (tertiary alicyclic amines) is 1. The Bertz CT molecular complexity index is 513. The number of ether oxygens (including phenoxy) is 1. The zero-order chi connectivity index (χ0) is 16.3. The van der Waals surface area contributed by atoms with Crippen LogP contribution in [-0.2, 0) is 11.2 Å². The van der Waals surface area contributed by atoms with E-state index in [4.69, 9.17) is 22.1 Å². The molecular weight excluding hydrogens is 302 g/mol. The molecule has 1 aromatic heterocycles. The first-order valence-electron chi connectivity index (χ1n) is 7.62. The first-order valence-corrected chi connectivity index (χ1v) is 8.00. The smallest absolute Gasteiger partial charge is 0.410 e. The van der Waals surface area contributed by atoms with Crippen LogP contribution in [0, 0.1) is 0 Å². The van der Waals surface area contributed by atoms with Crippen molar-refractivity contribution in [3.63, 3.8) is 0 Å². The van der Waals surface area contributed by atoms with Gasteiger partial charge in [-0.25, -0.2) is 9.78 Å². The maximum atomic E-state index is 12.4. The summed E-state index contributed by atoms with van der Waals surface area (Å²) in [6.45, 7) is 6.28. The maximum Gasteiger partial charge on any atom is 0.410 e. The van der Waals surface area contributed by atoms with Crippen molar-refractivity contribution in [1.82, 2.24) is 9.88 Å².